The van der Waals surface area contributed by atoms with Crippen LogP contribution in [0.2, 0.25) is 0 Å². The lowest BCUT2D eigenvalue weighted by Crippen LogP contribution is -2.41. The lowest BCUT2D eigenvalue weighted by atomic mass is 10.2. The number of thioether (sulfide) groups is 1. The number of carbonyl (C=O) groups excluding carboxylic acids is 1. The first-order chi connectivity index (χ1) is 10.7. The zero-order valence-corrected chi connectivity index (χ0v) is 13.2. The van der Waals surface area contributed by atoms with Gasteiger partial charge in [-0.25, -0.2) is 0 Å². The van der Waals surface area contributed by atoms with E-state index in [1.807, 2.05) is 24.3 Å². The number of fused-ring (bicyclic) bond motifs is 1. The molecule has 0 unspecified atom stereocenters. The van der Waals surface area contributed by atoms with Gasteiger partial charge in [-0.1, -0.05) is 35.2 Å². The fraction of sp³-hybridized carbons (Fsp3) is 0.308. The number of hydrogen-bond donors (Lipinski definition) is 2. The van der Waals surface area contributed by atoms with Gasteiger partial charge in [0.1, 0.15) is 12.7 Å². The molecule has 7 nitrogen and oxygen atoms in total. The highest BCUT2D eigenvalue weighted by molar-refractivity contribution is 8.01. The average molecular weight is 338 g/mol. The van der Waals surface area contributed by atoms with Crippen molar-refractivity contribution >= 4 is 34.1 Å². The Morgan fingerprint density at radius 3 is 3.00 bits per heavy atom. The predicted octanol–water partition coefficient (Wildman–Crippen LogP) is 1.17. The first kappa shape index (κ1) is 14.9. The topological polar surface area (TPSA) is 99.4 Å². The third-order valence-corrected chi connectivity index (χ3v) is 4.73. The molecule has 0 spiro atoms. The molecular weight excluding hydrogens is 324 g/mol. The number of nitrogens with two attached hydrogens (primary N) is 1. The van der Waals surface area contributed by atoms with E-state index in [-0.39, 0.29) is 17.8 Å². The predicted molar refractivity (Wildman–Crippen MR) is 84.4 cm³/mol. The molecule has 1 aromatic carbocycles. The molecule has 2 aromatic rings. The smallest absolute Gasteiger partial charge is 0.230 e. The maximum atomic E-state index is 11.8. The minimum absolute atomic E-state index is 0.0961. The van der Waals surface area contributed by atoms with Crippen molar-refractivity contribution in [3.8, 4) is 11.5 Å². The summed E-state index contributed by atoms with van der Waals surface area (Å²) in [7, 11) is 0. The van der Waals surface area contributed by atoms with Crippen molar-refractivity contribution in [3.63, 3.8) is 0 Å². The molecule has 0 fully saturated rings. The fourth-order valence-electron chi connectivity index (χ4n) is 1.85. The SMILES string of the molecule is Nc1nnc(SCC(=O)NC[C@@H]2COc3ccccc3O2)s1. The van der Waals surface area contributed by atoms with E-state index < -0.39 is 0 Å². The Hall–Kier alpha value is -2.00. The van der Waals surface area contributed by atoms with Crippen molar-refractivity contribution in [3.05, 3.63) is 24.3 Å². The second-order valence-corrected chi connectivity index (χ2v) is 6.73. The summed E-state index contributed by atoms with van der Waals surface area (Å²) in [5.41, 5.74) is 5.48. The standard InChI is InChI=1S/C13H14N4O3S2/c14-12-16-17-13(22-12)21-7-11(18)15-5-8-6-19-9-3-1-2-4-10(9)20-8/h1-4,8H,5-7H2,(H2,14,16)(H,15,18)/t8-/m1/s1. The number of nitrogens with one attached hydrogen (secondary N) is 1. The Kier molecular flexibility index (Phi) is 4.64. The second-order valence-electron chi connectivity index (χ2n) is 4.50. The maximum Gasteiger partial charge on any atom is 0.230 e. The van der Waals surface area contributed by atoms with Gasteiger partial charge in [0.15, 0.2) is 15.8 Å². The first-order valence-corrected chi connectivity index (χ1v) is 8.38. The van der Waals surface area contributed by atoms with Crippen molar-refractivity contribution in [2.24, 2.45) is 0 Å². The van der Waals surface area contributed by atoms with Crippen LogP contribution < -0.4 is 20.5 Å². The average Bonchev–Trinajstić information content (AvgIpc) is 2.96. The fourth-order valence-corrected chi connectivity index (χ4v) is 3.31. The summed E-state index contributed by atoms with van der Waals surface area (Å²) >= 11 is 2.57. The number of aromatic nitrogens is 2. The molecule has 3 N–H and O–H groups in total. The van der Waals surface area contributed by atoms with E-state index in [2.05, 4.69) is 15.5 Å². The number of amides is 1. The Balaban J connectivity index is 1.42. The van der Waals surface area contributed by atoms with Gasteiger partial charge in [0.2, 0.25) is 11.0 Å². The van der Waals surface area contributed by atoms with Crippen LogP contribution in [-0.2, 0) is 4.79 Å². The molecular formula is C13H14N4O3S2. The van der Waals surface area contributed by atoms with E-state index in [0.29, 0.717) is 28.4 Å². The number of nitrogen functional groups attached to an aromatic ring is 1. The third-order valence-electron chi connectivity index (χ3n) is 2.84. The Bertz CT molecular complexity index is 664. The van der Waals surface area contributed by atoms with Crippen molar-refractivity contribution < 1.29 is 14.3 Å². The summed E-state index contributed by atoms with van der Waals surface area (Å²) in [5, 5.41) is 10.8. The normalized spacial score (nSPS) is 16.3. The van der Waals surface area contributed by atoms with Gasteiger partial charge < -0.3 is 20.5 Å². The van der Waals surface area contributed by atoms with Crippen LogP contribution in [0.15, 0.2) is 28.6 Å². The molecule has 0 aliphatic carbocycles. The summed E-state index contributed by atoms with van der Waals surface area (Å²) in [5.74, 6) is 1.60. The van der Waals surface area contributed by atoms with E-state index in [1.165, 1.54) is 23.1 Å². The number of hydrogen-bond acceptors (Lipinski definition) is 8. The summed E-state index contributed by atoms with van der Waals surface area (Å²) in [6.07, 6.45) is -0.193. The number of anilines is 1. The van der Waals surface area contributed by atoms with Crippen LogP contribution in [0.4, 0.5) is 5.13 Å². The molecule has 22 heavy (non-hydrogen) atoms. The van der Waals surface area contributed by atoms with E-state index in [4.69, 9.17) is 15.2 Å². The summed E-state index contributed by atoms with van der Waals surface area (Å²) in [4.78, 5) is 11.8. The van der Waals surface area contributed by atoms with E-state index in [1.54, 1.807) is 0 Å². The van der Waals surface area contributed by atoms with Crippen LogP contribution in [0.3, 0.4) is 0 Å². The lowest BCUT2D eigenvalue weighted by molar-refractivity contribution is -0.119. The van der Waals surface area contributed by atoms with Gasteiger partial charge in [-0.15, -0.1) is 10.2 Å². The number of rotatable bonds is 5. The number of benzene rings is 1. The monoisotopic (exact) mass is 338 g/mol. The van der Waals surface area contributed by atoms with Gasteiger partial charge in [-0.2, -0.15) is 0 Å². The molecule has 9 heteroatoms. The molecule has 1 aliphatic heterocycles. The Labute approximate surface area is 135 Å². The quantitative estimate of drug-likeness (QED) is 0.789. The van der Waals surface area contributed by atoms with Gasteiger partial charge in [0.05, 0.1) is 12.3 Å². The van der Waals surface area contributed by atoms with Crippen LogP contribution in [0.25, 0.3) is 0 Å². The van der Waals surface area contributed by atoms with Gasteiger partial charge in [-0.05, 0) is 12.1 Å². The summed E-state index contributed by atoms with van der Waals surface area (Å²) < 4.78 is 12.0. The maximum absolute atomic E-state index is 11.8. The minimum atomic E-state index is -0.193. The highest BCUT2D eigenvalue weighted by atomic mass is 32.2. The molecule has 116 valence electrons. The Morgan fingerprint density at radius 1 is 1.41 bits per heavy atom. The summed E-state index contributed by atoms with van der Waals surface area (Å²) in [6.45, 7) is 0.809. The second kappa shape index (κ2) is 6.84. The van der Waals surface area contributed by atoms with Crippen LogP contribution in [0.5, 0.6) is 11.5 Å². The van der Waals surface area contributed by atoms with Crippen molar-refractivity contribution in [2.75, 3.05) is 24.6 Å². The lowest BCUT2D eigenvalue weighted by Gasteiger charge is -2.26. The molecule has 0 saturated carbocycles. The highest BCUT2D eigenvalue weighted by Crippen LogP contribution is 2.30. The third kappa shape index (κ3) is 3.80. The molecule has 1 atom stereocenters. The van der Waals surface area contributed by atoms with Crippen LogP contribution in [0, 0.1) is 0 Å². The van der Waals surface area contributed by atoms with E-state index >= 15 is 0 Å². The zero-order valence-electron chi connectivity index (χ0n) is 11.5. The molecule has 0 bridgehead atoms. The summed E-state index contributed by atoms with van der Waals surface area (Å²) in [6, 6.07) is 7.48. The minimum Gasteiger partial charge on any atom is -0.486 e. The van der Waals surface area contributed by atoms with Gasteiger partial charge in [-0.3, -0.25) is 4.79 Å². The van der Waals surface area contributed by atoms with Crippen LogP contribution >= 0.6 is 23.1 Å². The zero-order chi connectivity index (χ0) is 15.4. The van der Waals surface area contributed by atoms with Crippen molar-refractivity contribution in [1.82, 2.24) is 15.5 Å². The number of ether oxygens (including phenoxy) is 2. The molecule has 1 aromatic heterocycles. The molecule has 0 saturated heterocycles. The molecule has 0 radical (unpaired) electrons. The molecule has 1 amide bonds. The van der Waals surface area contributed by atoms with Gasteiger partial charge in [0.25, 0.3) is 0 Å². The largest absolute Gasteiger partial charge is 0.486 e. The van der Waals surface area contributed by atoms with Crippen molar-refractivity contribution in [2.45, 2.75) is 10.4 Å². The van der Waals surface area contributed by atoms with E-state index in [0.717, 1.165) is 5.75 Å². The number of carbonyl (C=O) groups is 1. The van der Waals surface area contributed by atoms with E-state index in [9.17, 15) is 4.79 Å². The van der Waals surface area contributed by atoms with Gasteiger partial charge >= 0.3 is 0 Å². The Morgan fingerprint density at radius 2 is 2.23 bits per heavy atom. The first-order valence-electron chi connectivity index (χ1n) is 6.57. The number of nitrogens with zero attached hydrogens (tertiary/aromatic N) is 2. The molecule has 2 heterocycles. The van der Waals surface area contributed by atoms with Gasteiger partial charge in [0, 0.05) is 0 Å². The van der Waals surface area contributed by atoms with Crippen molar-refractivity contribution in [1.29, 1.82) is 0 Å². The molecule has 1 aliphatic rings. The van der Waals surface area contributed by atoms with Crippen LogP contribution in [-0.4, -0.2) is 41.1 Å². The number of para-hydroxylation sites is 2. The molecule has 3 rings (SSSR count). The van der Waals surface area contributed by atoms with Crippen LogP contribution in [0.1, 0.15) is 0 Å². The highest BCUT2D eigenvalue weighted by Gasteiger charge is 2.21.